The van der Waals surface area contributed by atoms with Crippen molar-refractivity contribution in [1.29, 1.82) is 0 Å². The highest BCUT2D eigenvalue weighted by molar-refractivity contribution is 6.09. The number of carbonyl (C=O) groups is 1. The fraction of sp³-hybridized carbons (Fsp3) is 0.111. The Labute approximate surface area is 137 Å². The maximum absolute atomic E-state index is 12.3. The van der Waals surface area contributed by atoms with Crippen LogP contribution in [0.4, 0.5) is 5.69 Å². The van der Waals surface area contributed by atoms with E-state index in [-0.39, 0.29) is 5.76 Å². The first kappa shape index (κ1) is 14.3. The molecule has 0 spiro atoms. The van der Waals surface area contributed by atoms with Gasteiger partial charge < -0.3 is 19.0 Å². The predicted octanol–water partition coefficient (Wildman–Crippen LogP) is 4.14. The molecule has 6 nitrogen and oxygen atoms in total. The largest absolute Gasteiger partial charge is 0.495 e. The number of amides is 1. The molecule has 1 N–H and O–H groups in total. The topological polar surface area (TPSA) is 77.5 Å². The van der Waals surface area contributed by atoms with E-state index in [1.807, 2.05) is 30.3 Å². The van der Waals surface area contributed by atoms with Gasteiger partial charge >= 0.3 is 0 Å². The Morgan fingerprint density at radius 1 is 1.12 bits per heavy atom. The van der Waals surface area contributed by atoms with E-state index in [4.69, 9.17) is 13.7 Å². The number of rotatable bonds is 3. The van der Waals surface area contributed by atoms with E-state index in [2.05, 4.69) is 10.5 Å². The number of furan rings is 1. The van der Waals surface area contributed by atoms with Crippen molar-refractivity contribution in [1.82, 2.24) is 5.16 Å². The summed E-state index contributed by atoms with van der Waals surface area (Å²) in [7, 11) is 1.55. The second-order valence-electron chi connectivity index (χ2n) is 5.43. The van der Waals surface area contributed by atoms with Crippen LogP contribution < -0.4 is 10.1 Å². The van der Waals surface area contributed by atoms with E-state index in [1.165, 1.54) is 0 Å². The number of carbonyl (C=O) groups excluding carboxylic acids is 1. The van der Waals surface area contributed by atoms with E-state index in [0.717, 1.165) is 16.4 Å². The van der Waals surface area contributed by atoms with Crippen LogP contribution >= 0.6 is 0 Å². The van der Waals surface area contributed by atoms with E-state index in [9.17, 15) is 4.79 Å². The van der Waals surface area contributed by atoms with Gasteiger partial charge in [-0.05, 0) is 19.1 Å². The van der Waals surface area contributed by atoms with Crippen LogP contribution in [-0.2, 0) is 0 Å². The quantitative estimate of drug-likeness (QED) is 0.613. The maximum Gasteiger partial charge on any atom is 0.294 e. The van der Waals surface area contributed by atoms with Crippen LogP contribution in [0.3, 0.4) is 0 Å². The molecule has 0 atom stereocenters. The molecule has 0 bridgehead atoms. The van der Waals surface area contributed by atoms with Crippen molar-refractivity contribution in [2.45, 2.75) is 6.92 Å². The molecular weight excluding hydrogens is 308 g/mol. The predicted molar refractivity (Wildman–Crippen MR) is 89.5 cm³/mol. The van der Waals surface area contributed by atoms with Crippen molar-refractivity contribution < 1.29 is 18.5 Å². The summed E-state index contributed by atoms with van der Waals surface area (Å²) < 4.78 is 16.2. The lowest BCUT2D eigenvalue weighted by Gasteiger charge is -2.09. The Kier molecular flexibility index (Phi) is 3.23. The number of aromatic nitrogens is 1. The zero-order valence-corrected chi connectivity index (χ0v) is 13.1. The van der Waals surface area contributed by atoms with Crippen LogP contribution in [0.25, 0.3) is 21.9 Å². The van der Waals surface area contributed by atoms with Gasteiger partial charge in [0.1, 0.15) is 16.9 Å². The van der Waals surface area contributed by atoms with E-state index >= 15 is 0 Å². The van der Waals surface area contributed by atoms with Crippen LogP contribution in [0.1, 0.15) is 16.2 Å². The lowest BCUT2D eigenvalue weighted by atomic mass is 10.1. The molecule has 0 unspecified atom stereocenters. The number of nitrogens with one attached hydrogen (secondary N) is 1. The number of hydrogen-bond acceptors (Lipinski definition) is 5. The smallest absolute Gasteiger partial charge is 0.294 e. The molecule has 24 heavy (non-hydrogen) atoms. The van der Waals surface area contributed by atoms with Crippen molar-refractivity contribution in [2.75, 3.05) is 12.4 Å². The second-order valence-corrected chi connectivity index (χ2v) is 5.43. The molecule has 2 aromatic carbocycles. The van der Waals surface area contributed by atoms with Crippen LogP contribution in [0.5, 0.6) is 5.75 Å². The number of methoxy groups -OCH3 is 1. The molecule has 0 fully saturated rings. The van der Waals surface area contributed by atoms with Crippen LogP contribution in [0.15, 0.2) is 51.4 Å². The molecule has 0 aliphatic rings. The molecule has 2 heterocycles. The van der Waals surface area contributed by atoms with Crippen molar-refractivity contribution in [3.05, 3.63) is 53.9 Å². The first-order valence-corrected chi connectivity index (χ1v) is 7.39. The highest BCUT2D eigenvalue weighted by Crippen LogP contribution is 2.36. The maximum atomic E-state index is 12.3. The third-order valence-corrected chi connectivity index (χ3v) is 3.80. The number of para-hydroxylation sites is 1. The van der Waals surface area contributed by atoms with Crippen molar-refractivity contribution in [3.63, 3.8) is 0 Å². The van der Waals surface area contributed by atoms with Gasteiger partial charge in [0.2, 0.25) is 5.76 Å². The Morgan fingerprint density at radius 3 is 2.71 bits per heavy atom. The number of ether oxygens (including phenoxy) is 1. The lowest BCUT2D eigenvalue weighted by Crippen LogP contribution is -2.11. The molecule has 0 aliphatic heterocycles. The molecule has 2 aromatic heterocycles. The molecule has 120 valence electrons. The standard InChI is InChI=1S/C18H14N2O4/c1-10-7-17(24-20-10)18(21)19-13-9-15-12(8-16(13)22-2)11-5-3-4-6-14(11)23-15/h3-9H,1-2H3,(H,19,21). The number of fused-ring (bicyclic) bond motifs is 3. The lowest BCUT2D eigenvalue weighted by molar-refractivity contribution is 0.0987. The van der Waals surface area contributed by atoms with Gasteiger partial charge in [-0.2, -0.15) is 0 Å². The number of hydrogen-bond donors (Lipinski definition) is 1. The Balaban J connectivity index is 1.79. The molecule has 1 amide bonds. The summed E-state index contributed by atoms with van der Waals surface area (Å²) in [5.74, 6) is 0.280. The number of aryl methyl sites for hydroxylation is 1. The summed E-state index contributed by atoms with van der Waals surface area (Å²) >= 11 is 0. The molecule has 0 aliphatic carbocycles. The van der Waals surface area contributed by atoms with Gasteiger partial charge in [-0.25, -0.2) is 0 Å². The first-order valence-electron chi connectivity index (χ1n) is 7.39. The molecule has 4 aromatic rings. The summed E-state index contributed by atoms with van der Waals surface area (Å²) in [6.07, 6.45) is 0. The number of anilines is 1. The number of benzene rings is 2. The molecule has 0 saturated carbocycles. The molecule has 6 heteroatoms. The van der Waals surface area contributed by atoms with Gasteiger partial charge in [-0.3, -0.25) is 4.79 Å². The summed E-state index contributed by atoms with van der Waals surface area (Å²) in [6, 6.07) is 12.9. The van der Waals surface area contributed by atoms with Gasteiger partial charge in [0, 0.05) is 22.9 Å². The first-order chi connectivity index (χ1) is 11.7. The summed E-state index contributed by atoms with van der Waals surface area (Å²) in [4.78, 5) is 12.3. The second kappa shape index (κ2) is 5.42. The zero-order valence-electron chi connectivity index (χ0n) is 13.1. The minimum Gasteiger partial charge on any atom is -0.495 e. The normalized spacial score (nSPS) is 11.1. The number of nitrogens with zero attached hydrogens (tertiary/aromatic N) is 1. The highest BCUT2D eigenvalue weighted by atomic mass is 16.5. The van der Waals surface area contributed by atoms with Crippen LogP contribution in [0.2, 0.25) is 0 Å². The van der Waals surface area contributed by atoms with E-state index < -0.39 is 5.91 Å². The van der Waals surface area contributed by atoms with Crippen LogP contribution in [0, 0.1) is 6.92 Å². The molecule has 4 rings (SSSR count). The van der Waals surface area contributed by atoms with Gasteiger partial charge in [0.05, 0.1) is 18.5 Å². The summed E-state index contributed by atoms with van der Waals surface area (Å²) in [5, 5.41) is 8.41. The molecule has 0 saturated heterocycles. The highest BCUT2D eigenvalue weighted by Gasteiger charge is 2.17. The third kappa shape index (κ3) is 2.28. The van der Waals surface area contributed by atoms with Gasteiger partial charge in [0.15, 0.2) is 0 Å². The fourth-order valence-electron chi connectivity index (χ4n) is 2.67. The average Bonchev–Trinajstić information content (AvgIpc) is 3.17. The van der Waals surface area contributed by atoms with Crippen LogP contribution in [-0.4, -0.2) is 18.2 Å². The van der Waals surface area contributed by atoms with Gasteiger partial charge in [0.25, 0.3) is 5.91 Å². The van der Waals surface area contributed by atoms with Crippen molar-refractivity contribution in [2.24, 2.45) is 0 Å². The summed E-state index contributed by atoms with van der Waals surface area (Å²) in [5.41, 5.74) is 2.59. The van der Waals surface area contributed by atoms with Gasteiger partial charge in [-0.15, -0.1) is 0 Å². The minimum atomic E-state index is -0.399. The Morgan fingerprint density at radius 2 is 1.96 bits per heavy atom. The summed E-state index contributed by atoms with van der Waals surface area (Å²) in [6.45, 7) is 1.75. The van der Waals surface area contributed by atoms with Crippen molar-refractivity contribution in [3.8, 4) is 5.75 Å². The Hall–Kier alpha value is -3.28. The third-order valence-electron chi connectivity index (χ3n) is 3.80. The minimum absolute atomic E-state index is 0.138. The fourth-order valence-corrected chi connectivity index (χ4v) is 2.67. The Bertz CT molecular complexity index is 1060. The van der Waals surface area contributed by atoms with E-state index in [0.29, 0.717) is 22.7 Å². The van der Waals surface area contributed by atoms with E-state index in [1.54, 1.807) is 26.2 Å². The van der Waals surface area contributed by atoms with Crippen molar-refractivity contribution >= 4 is 33.5 Å². The van der Waals surface area contributed by atoms with Gasteiger partial charge in [-0.1, -0.05) is 23.4 Å². The zero-order chi connectivity index (χ0) is 16.7. The molecule has 0 radical (unpaired) electrons. The molecular formula is C18H14N2O4. The average molecular weight is 322 g/mol. The SMILES string of the molecule is COc1cc2c(cc1NC(=O)c1cc(C)no1)oc1ccccc12. The monoisotopic (exact) mass is 322 g/mol.